The van der Waals surface area contributed by atoms with Gasteiger partial charge in [0.25, 0.3) is 0 Å². The second-order valence-electron chi connectivity index (χ2n) is 10.3. The summed E-state index contributed by atoms with van der Waals surface area (Å²) in [6.45, 7) is 8.24. The van der Waals surface area contributed by atoms with Crippen molar-refractivity contribution in [2.24, 2.45) is 0 Å². The Morgan fingerprint density at radius 3 is 2.55 bits per heavy atom. The van der Waals surface area contributed by atoms with Crippen molar-refractivity contribution in [3.8, 4) is 11.5 Å². The van der Waals surface area contributed by atoms with Crippen LogP contribution in [0.1, 0.15) is 31.9 Å². The molecule has 1 aromatic heterocycles. The zero-order valence-electron chi connectivity index (χ0n) is 21.9. The van der Waals surface area contributed by atoms with E-state index in [0.29, 0.717) is 28.1 Å². The number of allylic oxidation sites excluding steroid dienone is 1. The van der Waals surface area contributed by atoms with Gasteiger partial charge in [-0.05, 0) is 69.2 Å². The van der Waals surface area contributed by atoms with Crippen LogP contribution in [0, 0.1) is 12.3 Å². The average Bonchev–Trinajstić information content (AvgIpc) is 2.81. The molecule has 2 heterocycles. The van der Waals surface area contributed by atoms with E-state index in [1.54, 1.807) is 48.8 Å². The number of carbonyl (C=O) groups is 1. The fourth-order valence-electron chi connectivity index (χ4n) is 3.80. The molecule has 3 N–H and O–H groups in total. The van der Waals surface area contributed by atoms with E-state index < -0.39 is 15.1 Å². The standard InChI is InChI=1S/C28H32N4O5S/c1-18-11-19(12-27(33)32-20(14-29)15-31-28(2,3)4)5-8-25(18)37-26-9-10-30-24-7-6-21(13-23(24)26)38(34,35)22-16-36-17-22/h5-11,13-15,22,29,31H,12,16-17H2,1-4H3,(H,32,33)/b20-15+,29-14?. The van der Waals surface area contributed by atoms with Crippen molar-refractivity contribution in [2.45, 2.75) is 49.8 Å². The van der Waals surface area contributed by atoms with Crippen molar-refractivity contribution >= 4 is 32.9 Å². The van der Waals surface area contributed by atoms with E-state index in [0.717, 1.165) is 17.3 Å². The molecular formula is C28H32N4O5S. The van der Waals surface area contributed by atoms with Crippen molar-refractivity contribution in [1.82, 2.24) is 15.6 Å². The van der Waals surface area contributed by atoms with Crippen LogP contribution in [0.15, 0.2) is 65.5 Å². The van der Waals surface area contributed by atoms with Crippen LogP contribution in [0.3, 0.4) is 0 Å². The number of amides is 1. The average molecular weight is 537 g/mol. The number of rotatable bonds is 9. The number of pyridine rings is 1. The Hall–Kier alpha value is -3.76. The van der Waals surface area contributed by atoms with Crippen LogP contribution in [0.2, 0.25) is 0 Å². The lowest BCUT2D eigenvalue weighted by Crippen LogP contribution is -2.40. The number of sulfone groups is 1. The van der Waals surface area contributed by atoms with Gasteiger partial charge in [0.1, 0.15) is 16.7 Å². The highest BCUT2D eigenvalue weighted by Crippen LogP contribution is 2.33. The third-order valence-corrected chi connectivity index (χ3v) is 8.03. The predicted octanol–water partition coefficient (Wildman–Crippen LogP) is 4.05. The normalized spacial score (nSPS) is 14.6. The van der Waals surface area contributed by atoms with Crippen molar-refractivity contribution in [3.63, 3.8) is 0 Å². The first-order valence-corrected chi connectivity index (χ1v) is 13.8. The minimum atomic E-state index is -3.50. The molecule has 1 amide bonds. The molecule has 0 spiro atoms. The number of ether oxygens (including phenoxy) is 2. The fraction of sp³-hybridized carbons (Fsp3) is 0.321. The molecule has 2 aromatic carbocycles. The smallest absolute Gasteiger partial charge is 0.228 e. The van der Waals surface area contributed by atoms with E-state index in [9.17, 15) is 13.2 Å². The SMILES string of the molecule is Cc1cc(CC(=O)N/C(C=N)=C/NC(C)(C)C)ccc1Oc1ccnc2ccc(S(=O)(=O)C3COC3)cc12. The molecule has 1 aliphatic heterocycles. The first-order chi connectivity index (χ1) is 18.0. The zero-order chi connectivity index (χ0) is 27.5. The van der Waals surface area contributed by atoms with E-state index in [-0.39, 0.29) is 36.0 Å². The van der Waals surface area contributed by atoms with Crippen LogP contribution >= 0.6 is 0 Å². The monoisotopic (exact) mass is 536 g/mol. The summed E-state index contributed by atoms with van der Waals surface area (Å²) in [4.78, 5) is 17.1. The molecule has 0 atom stereocenters. The topological polar surface area (TPSA) is 130 Å². The fourth-order valence-corrected chi connectivity index (χ4v) is 5.28. The van der Waals surface area contributed by atoms with Crippen molar-refractivity contribution in [2.75, 3.05) is 13.2 Å². The maximum Gasteiger partial charge on any atom is 0.228 e. The largest absolute Gasteiger partial charge is 0.456 e. The second kappa shape index (κ2) is 10.9. The van der Waals surface area contributed by atoms with E-state index in [2.05, 4.69) is 15.6 Å². The number of aromatic nitrogens is 1. The van der Waals surface area contributed by atoms with Gasteiger partial charge >= 0.3 is 0 Å². The van der Waals surface area contributed by atoms with Gasteiger partial charge in [-0.3, -0.25) is 9.78 Å². The Balaban J connectivity index is 1.50. The Morgan fingerprint density at radius 2 is 1.92 bits per heavy atom. The third kappa shape index (κ3) is 6.38. The number of hydrogen-bond acceptors (Lipinski definition) is 8. The molecule has 10 heteroatoms. The summed E-state index contributed by atoms with van der Waals surface area (Å²) in [5.41, 5.74) is 2.41. The number of hydrogen-bond donors (Lipinski definition) is 3. The number of aryl methyl sites for hydroxylation is 1. The second-order valence-corrected chi connectivity index (χ2v) is 12.5. The third-order valence-electron chi connectivity index (χ3n) is 5.97. The predicted molar refractivity (Wildman–Crippen MR) is 146 cm³/mol. The van der Waals surface area contributed by atoms with Crippen LogP contribution in [0.4, 0.5) is 0 Å². The number of nitrogens with zero attached hydrogens (tertiary/aromatic N) is 1. The summed E-state index contributed by atoms with van der Waals surface area (Å²) < 4.78 is 37.0. The highest BCUT2D eigenvalue weighted by atomic mass is 32.2. The molecule has 0 bridgehead atoms. The Labute approximate surface area is 222 Å². The molecule has 0 radical (unpaired) electrons. The van der Waals surface area contributed by atoms with Crippen LogP contribution in [-0.4, -0.2) is 49.5 Å². The van der Waals surface area contributed by atoms with Crippen LogP contribution in [-0.2, 0) is 25.8 Å². The maximum atomic E-state index is 12.9. The van der Waals surface area contributed by atoms with Gasteiger partial charge in [-0.25, -0.2) is 8.42 Å². The first kappa shape index (κ1) is 27.3. The lowest BCUT2D eigenvalue weighted by Gasteiger charge is -2.25. The molecule has 1 fully saturated rings. The van der Waals surface area contributed by atoms with Gasteiger partial charge in [0.15, 0.2) is 9.84 Å². The van der Waals surface area contributed by atoms with Crippen molar-refractivity contribution in [3.05, 3.63) is 71.7 Å². The number of nitrogens with one attached hydrogen (secondary N) is 3. The molecule has 0 aliphatic carbocycles. The quantitative estimate of drug-likeness (QED) is 0.352. The van der Waals surface area contributed by atoms with Gasteiger partial charge in [0.05, 0.1) is 35.7 Å². The molecule has 38 heavy (non-hydrogen) atoms. The highest BCUT2D eigenvalue weighted by Gasteiger charge is 2.34. The number of fused-ring (bicyclic) bond motifs is 1. The van der Waals surface area contributed by atoms with Crippen molar-refractivity contribution in [1.29, 1.82) is 5.41 Å². The van der Waals surface area contributed by atoms with Crippen LogP contribution in [0.25, 0.3) is 10.9 Å². The molecule has 0 unspecified atom stereocenters. The van der Waals surface area contributed by atoms with Gasteiger partial charge in [0, 0.05) is 29.5 Å². The molecule has 9 nitrogen and oxygen atoms in total. The lowest BCUT2D eigenvalue weighted by atomic mass is 10.1. The van der Waals surface area contributed by atoms with Gasteiger partial charge in [0.2, 0.25) is 5.91 Å². The van der Waals surface area contributed by atoms with Gasteiger partial charge in [-0.1, -0.05) is 12.1 Å². The van der Waals surface area contributed by atoms with Gasteiger partial charge in [-0.15, -0.1) is 0 Å². The van der Waals surface area contributed by atoms with Gasteiger partial charge < -0.3 is 25.5 Å². The summed E-state index contributed by atoms with van der Waals surface area (Å²) in [7, 11) is -3.50. The highest BCUT2D eigenvalue weighted by molar-refractivity contribution is 7.92. The molecule has 3 aromatic rings. The molecule has 200 valence electrons. The molecule has 0 saturated carbocycles. The minimum absolute atomic E-state index is 0.131. The van der Waals surface area contributed by atoms with E-state index in [1.807, 2.05) is 33.8 Å². The van der Waals surface area contributed by atoms with Crippen LogP contribution < -0.4 is 15.4 Å². The zero-order valence-corrected chi connectivity index (χ0v) is 22.7. The Morgan fingerprint density at radius 1 is 1.16 bits per heavy atom. The number of benzene rings is 2. The Kier molecular flexibility index (Phi) is 7.84. The summed E-state index contributed by atoms with van der Waals surface area (Å²) in [6.07, 6.45) is 4.45. The first-order valence-electron chi connectivity index (χ1n) is 12.2. The van der Waals surface area contributed by atoms with Crippen LogP contribution in [0.5, 0.6) is 11.5 Å². The maximum absolute atomic E-state index is 12.9. The lowest BCUT2D eigenvalue weighted by molar-refractivity contribution is -0.119. The minimum Gasteiger partial charge on any atom is -0.456 e. The number of carbonyl (C=O) groups excluding carboxylic acids is 1. The van der Waals surface area contributed by atoms with Gasteiger partial charge in [-0.2, -0.15) is 0 Å². The molecular weight excluding hydrogens is 504 g/mol. The summed E-state index contributed by atoms with van der Waals surface area (Å²) >= 11 is 0. The summed E-state index contributed by atoms with van der Waals surface area (Å²) in [6, 6.07) is 12.0. The molecule has 1 saturated heterocycles. The summed E-state index contributed by atoms with van der Waals surface area (Å²) in [5.74, 6) is 0.823. The van der Waals surface area contributed by atoms with E-state index in [4.69, 9.17) is 14.9 Å². The van der Waals surface area contributed by atoms with E-state index in [1.165, 1.54) is 0 Å². The molecule has 1 aliphatic rings. The van der Waals surface area contributed by atoms with E-state index >= 15 is 0 Å². The van der Waals surface area contributed by atoms with Crippen molar-refractivity contribution < 1.29 is 22.7 Å². The Bertz CT molecular complexity index is 1510. The molecule has 4 rings (SSSR count). The summed E-state index contributed by atoms with van der Waals surface area (Å²) in [5, 5.41) is 13.5.